The molecule has 5 rings (SSSR count). The maximum absolute atomic E-state index is 14.0. The molecule has 4 heterocycles. The number of carbonyl (C=O) groups excluding carboxylic acids is 2. The van der Waals surface area contributed by atoms with E-state index in [0.717, 1.165) is 42.6 Å². The number of aryl methyl sites for hydroxylation is 2. The summed E-state index contributed by atoms with van der Waals surface area (Å²) in [7, 11) is 1.81. The number of rotatable bonds is 9. The van der Waals surface area contributed by atoms with E-state index < -0.39 is 6.23 Å². The Bertz CT molecular complexity index is 1570. The molecule has 0 bridgehead atoms. The molecular formula is C31H39N9O3. The number of amides is 1. The maximum atomic E-state index is 14.0. The number of esters is 1. The number of carbonyl (C=O) groups is 2. The molecule has 1 aliphatic heterocycles. The molecule has 1 saturated heterocycles. The lowest BCUT2D eigenvalue weighted by Gasteiger charge is -2.34. The molecular weight excluding hydrogens is 546 g/mol. The van der Waals surface area contributed by atoms with Crippen molar-refractivity contribution < 1.29 is 14.3 Å². The number of tetrazole rings is 1. The van der Waals surface area contributed by atoms with Crippen LogP contribution < -0.4 is 10.2 Å². The van der Waals surface area contributed by atoms with Crippen molar-refractivity contribution in [3.8, 4) is 22.6 Å². The molecule has 43 heavy (non-hydrogen) atoms. The Morgan fingerprint density at radius 2 is 1.88 bits per heavy atom. The van der Waals surface area contributed by atoms with Crippen LogP contribution in [0.25, 0.3) is 22.6 Å². The number of hydrogen-bond acceptors (Lipinski definition) is 9. The van der Waals surface area contributed by atoms with Crippen LogP contribution in [-0.4, -0.2) is 66.0 Å². The normalized spacial score (nSPS) is 16.0. The molecule has 0 radical (unpaired) electrons. The lowest BCUT2D eigenvalue weighted by atomic mass is 10.0. The zero-order valence-corrected chi connectivity index (χ0v) is 25.6. The number of ether oxygens (including phenoxy) is 1. The number of hydrogen-bond donors (Lipinski definition) is 1. The summed E-state index contributed by atoms with van der Waals surface area (Å²) in [6, 6.07) is 11.4. The standard InChI is InChI=1S/C31H39N9O3/c1-19(2)30(43-31(42)20(3)4)40-36-27(35-37-40)26-25(18-34-38(26)6)22-11-13-23(14-12-22)29(41)39(24-10-8-15-32-17-24)28-21(5)9-7-16-33-28/h7,9,11-14,16,18-20,24,30,32H,8,10,15,17H2,1-6H3/t24-,30?/m1/s1. The van der Waals surface area contributed by atoms with Crippen LogP contribution in [0.3, 0.4) is 0 Å². The van der Waals surface area contributed by atoms with Gasteiger partial charge in [-0.25, -0.2) is 4.98 Å². The van der Waals surface area contributed by atoms with E-state index in [2.05, 4.69) is 30.8 Å². The van der Waals surface area contributed by atoms with Crippen LogP contribution in [0.4, 0.5) is 5.82 Å². The van der Waals surface area contributed by atoms with Crippen molar-refractivity contribution in [2.75, 3.05) is 18.0 Å². The van der Waals surface area contributed by atoms with Crippen LogP contribution >= 0.6 is 0 Å². The van der Waals surface area contributed by atoms with E-state index in [1.807, 2.05) is 62.1 Å². The summed E-state index contributed by atoms with van der Waals surface area (Å²) in [6.45, 7) is 11.1. The SMILES string of the molecule is Cc1cccnc1N(C(=O)c1ccc(-c2cnn(C)c2-c2nnn(C(OC(=O)C(C)C)C(C)C)n2)cc1)[C@@H]1CCCNC1. The first-order valence-corrected chi connectivity index (χ1v) is 14.7. The van der Waals surface area contributed by atoms with Gasteiger partial charge < -0.3 is 10.1 Å². The lowest BCUT2D eigenvalue weighted by Crippen LogP contribution is -2.49. The van der Waals surface area contributed by atoms with Gasteiger partial charge in [0.15, 0.2) is 0 Å². The Balaban J connectivity index is 1.43. The zero-order chi connectivity index (χ0) is 30.7. The minimum Gasteiger partial charge on any atom is -0.437 e. The fourth-order valence-corrected chi connectivity index (χ4v) is 5.20. The molecule has 1 aliphatic rings. The molecule has 2 atom stereocenters. The highest BCUT2D eigenvalue weighted by molar-refractivity contribution is 6.06. The molecule has 226 valence electrons. The van der Waals surface area contributed by atoms with Gasteiger partial charge in [-0.05, 0) is 60.8 Å². The maximum Gasteiger partial charge on any atom is 0.310 e. The number of piperidine rings is 1. The average Bonchev–Trinajstić information content (AvgIpc) is 3.63. The van der Waals surface area contributed by atoms with Gasteiger partial charge in [-0.3, -0.25) is 19.2 Å². The van der Waals surface area contributed by atoms with Gasteiger partial charge in [0.1, 0.15) is 11.5 Å². The Kier molecular flexibility index (Phi) is 8.95. The van der Waals surface area contributed by atoms with E-state index >= 15 is 0 Å². The molecule has 4 aromatic rings. The van der Waals surface area contributed by atoms with Crippen LogP contribution in [0.2, 0.25) is 0 Å². The number of aromatic nitrogens is 7. The summed E-state index contributed by atoms with van der Waals surface area (Å²) in [5, 5.41) is 20.9. The second kappa shape index (κ2) is 12.8. The quantitative estimate of drug-likeness (QED) is 0.287. The van der Waals surface area contributed by atoms with Crippen LogP contribution in [0, 0.1) is 18.8 Å². The fraction of sp³-hybridized carbons (Fsp3) is 0.452. The summed E-state index contributed by atoms with van der Waals surface area (Å²) in [5.41, 5.74) is 3.82. The molecule has 1 fully saturated rings. The summed E-state index contributed by atoms with van der Waals surface area (Å²) in [5.74, 6) is 0.274. The summed E-state index contributed by atoms with van der Waals surface area (Å²) >= 11 is 0. The molecule has 12 nitrogen and oxygen atoms in total. The van der Waals surface area contributed by atoms with Crippen molar-refractivity contribution in [3.63, 3.8) is 0 Å². The molecule has 3 aromatic heterocycles. The third-order valence-corrected chi connectivity index (χ3v) is 7.59. The highest BCUT2D eigenvalue weighted by atomic mass is 16.6. The van der Waals surface area contributed by atoms with Crippen molar-refractivity contribution in [1.82, 2.24) is 40.3 Å². The largest absolute Gasteiger partial charge is 0.437 e. The highest BCUT2D eigenvalue weighted by Gasteiger charge is 2.30. The van der Waals surface area contributed by atoms with Gasteiger partial charge in [-0.2, -0.15) is 5.10 Å². The fourth-order valence-electron chi connectivity index (χ4n) is 5.20. The topological polar surface area (TPSA) is 133 Å². The summed E-state index contributed by atoms with van der Waals surface area (Å²) in [6.07, 6.45) is 4.69. The van der Waals surface area contributed by atoms with Gasteiger partial charge in [0.25, 0.3) is 5.91 Å². The minimum atomic E-state index is -0.692. The van der Waals surface area contributed by atoms with Gasteiger partial charge in [0.05, 0.1) is 18.2 Å². The number of nitrogens with zero attached hydrogens (tertiary/aromatic N) is 8. The third kappa shape index (κ3) is 6.34. The Morgan fingerprint density at radius 3 is 2.53 bits per heavy atom. The number of pyridine rings is 1. The van der Waals surface area contributed by atoms with Gasteiger partial charge in [-0.15, -0.1) is 15.0 Å². The monoisotopic (exact) mass is 585 g/mol. The molecule has 1 amide bonds. The summed E-state index contributed by atoms with van der Waals surface area (Å²) in [4.78, 5) is 34.0. The second-order valence-corrected chi connectivity index (χ2v) is 11.6. The number of anilines is 1. The van der Waals surface area contributed by atoms with Crippen molar-refractivity contribution in [1.29, 1.82) is 0 Å². The molecule has 1 aromatic carbocycles. The predicted molar refractivity (Wildman–Crippen MR) is 162 cm³/mol. The van der Waals surface area contributed by atoms with E-state index in [-0.39, 0.29) is 29.8 Å². The molecule has 0 aliphatic carbocycles. The van der Waals surface area contributed by atoms with Crippen LogP contribution in [-0.2, 0) is 16.6 Å². The first-order chi connectivity index (χ1) is 20.7. The van der Waals surface area contributed by atoms with E-state index in [4.69, 9.17) is 4.74 Å². The molecule has 0 saturated carbocycles. The van der Waals surface area contributed by atoms with Gasteiger partial charge in [-0.1, -0.05) is 45.9 Å². The first-order valence-electron chi connectivity index (χ1n) is 14.7. The summed E-state index contributed by atoms with van der Waals surface area (Å²) < 4.78 is 7.35. The molecule has 1 unspecified atom stereocenters. The van der Waals surface area contributed by atoms with Gasteiger partial charge in [0.2, 0.25) is 12.1 Å². The number of benzene rings is 1. The smallest absolute Gasteiger partial charge is 0.310 e. The highest BCUT2D eigenvalue weighted by Crippen LogP contribution is 2.31. The molecule has 0 spiro atoms. The number of nitrogens with one attached hydrogen (secondary N) is 1. The molecule has 1 N–H and O–H groups in total. The van der Waals surface area contributed by atoms with Crippen LogP contribution in [0.5, 0.6) is 0 Å². The molecule has 12 heteroatoms. The Hall–Kier alpha value is -4.45. The van der Waals surface area contributed by atoms with E-state index in [9.17, 15) is 9.59 Å². The van der Waals surface area contributed by atoms with Crippen molar-refractivity contribution in [2.45, 2.75) is 59.7 Å². The third-order valence-electron chi connectivity index (χ3n) is 7.59. The van der Waals surface area contributed by atoms with Crippen LogP contribution in [0.1, 0.15) is 62.7 Å². The van der Waals surface area contributed by atoms with Crippen molar-refractivity contribution >= 4 is 17.7 Å². The zero-order valence-electron chi connectivity index (χ0n) is 25.6. The van der Waals surface area contributed by atoms with Gasteiger partial charge in [0, 0.05) is 36.8 Å². The van der Waals surface area contributed by atoms with Crippen LogP contribution in [0.15, 0.2) is 48.8 Å². The second-order valence-electron chi connectivity index (χ2n) is 11.6. The van der Waals surface area contributed by atoms with Crippen molar-refractivity contribution in [3.05, 3.63) is 59.9 Å². The van der Waals surface area contributed by atoms with E-state index in [0.29, 0.717) is 22.9 Å². The van der Waals surface area contributed by atoms with E-state index in [1.54, 1.807) is 38.0 Å². The lowest BCUT2D eigenvalue weighted by molar-refractivity contribution is -0.163. The average molecular weight is 586 g/mol. The predicted octanol–water partition coefficient (Wildman–Crippen LogP) is 4.20. The minimum absolute atomic E-state index is 0.0163. The van der Waals surface area contributed by atoms with Gasteiger partial charge >= 0.3 is 5.97 Å². The van der Waals surface area contributed by atoms with Crippen molar-refractivity contribution in [2.24, 2.45) is 18.9 Å². The Labute approximate surface area is 251 Å². The first kappa shape index (κ1) is 30.0. The van der Waals surface area contributed by atoms with E-state index in [1.165, 1.54) is 4.80 Å². The Morgan fingerprint density at radius 1 is 1.12 bits per heavy atom.